The van der Waals surface area contributed by atoms with E-state index in [9.17, 15) is 13.2 Å². The Bertz CT molecular complexity index is 1170. The minimum atomic E-state index is -3.75. The van der Waals surface area contributed by atoms with E-state index in [0.717, 1.165) is 4.47 Å². The predicted octanol–water partition coefficient (Wildman–Crippen LogP) is 3.84. The van der Waals surface area contributed by atoms with E-state index in [0.29, 0.717) is 17.0 Å². The lowest BCUT2D eigenvalue weighted by Crippen LogP contribution is -2.34. The van der Waals surface area contributed by atoms with Crippen molar-refractivity contribution < 1.29 is 17.9 Å². The smallest absolute Gasteiger partial charge is 0.263 e. The number of hydrogen-bond acceptors (Lipinski definition) is 7. The summed E-state index contributed by atoms with van der Waals surface area (Å²) in [5.74, 6) is -0.0433. The molecule has 2 aromatic carbocycles. The summed E-state index contributed by atoms with van der Waals surface area (Å²) in [5, 5.41) is 7.41. The zero-order valence-corrected chi connectivity index (χ0v) is 19.4. The number of aromatic nitrogens is 1. The maximum absolute atomic E-state index is 12.5. The number of anilines is 2. The van der Waals surface area contributed by atoms with Crippen molar-refractivity contribution in [2.24, 2.45) is 0 Å². The number of hydrogen-bond donors (Lipinski definition) is 3. The fourth-order valence-electron chi connectivity index (χ4n) is 2.36. The SMILES string of the molecule is COc1ccc(Br)cc1C(=O)NC(=S)Nc1ccc(S(=O)(=O)Nc2nccs2)cc1. The number of carbonyl (C=O) groups is 1. The first-order valence-corrected chi connectivity index (χ1v) is 11.8. The molecule has 3 aromatic rings. The molecular weight excluding hydrogens is 512 g/mol. The molecule has 0 fully saturated rings. The molecule has 1 heterocycles. The maximum atomic E-state index is 12.5. The van der Waals surface area contributed by atoms with Crippen LogP contribution < -0.4 is 20.1 Å². The second-order valence-corrected chi connectivity index (χ2v) is 9.62. The van der Waals surface area contributed by atoms with Gasteiger partial charge in [0.1, 0.15) is 5.75 Å². The Morgan fingerprint density at radius 3 is 2.57 bits per heavy atom. The van der Waals surface area contributed by atoms with Crippen LogP contribution in [-0.2, 0) is 10.0 Å². The normalized spacial score (nSPS) is 10.9. The van der Waals surface area contributed by atoms with E-state index in [-0.39, 0.29) is 15.1 Å². The molecule has 156 valence electrons. The molecule has 0 aliphatic heterocycles. The molecule has 1 amide bonds. The van der Waals surface area contributed by atoms with Gasteiger partial charge in [-0.1, -0.05) is 15.9 Å². The summed E-state index contributed by atoms with van der Waals surface area (Å²) in [6, 6.07) is 10.9. The van der Waals surface area contributed by atoms with E-state index in [1.807, 2.05) is 0 Å². The standard InChI is InChI=1S/C18H15BrN4O4S3/c1-27-15-7-2-11(19)10-14(15)16(24)22-17(28)21-12-3-5-13(6-4-12)30(25,26)23-18-20-8-9-29-18/h2-10H,1H3,(H,20,23)(H2,21,22,24,28). The topological polar surface area (TPSA) is 109 Å². The van der Waals surface area contributed by atoms with Crippen LogP contribution in [-0.4, -0.2) is 31.5 Å². The lowest BCUT2D eigenvalue weighted by molar-refractivity contribution is 0.0974. The summed E-state index contributed by atoms with van der Waals surface area (Å²) in [7, 11) is -2.28. The molecule has 1 aromatic heterocycles. The summed E-state index contributed by atoms with van der Waals surface area (Å²) < 4.78 is 33.0. The second-order valence-electron chi connectivity index (χ2n) is 5.72. The van der Waals surface area contributed by atoms with Crippen LogP contribution in [0.3, 0.4) is 0 Å². The maximum Gasteiger partial charge on any atom is 0.263 e. The number of benzene rings is 2. The zero-order valence-electron chi connectivity index (χ0n) is 15.4. The van der Waals surface area contributed by atoms with Gasteiger partial charge in [-0.15, -0.1) is 11.3 Å². The number of nitrogens with one attached hydrogen (secondary N) is 3. The van der Waals surface area contributed by atoms with Crippen LogP contribution in [0.1, 0.15) is 10.4 Å². The van der Waals surface area contributed by atoms with E-state index in [1.54, 1.807) is 23.6 Å². The molecule has 0 saturated carbocycles. The van der Waals surface area contributed by atoms with Gasteiger partial charge in [-0.2, -0.15) is 0 Å². The van der Waals surface area contributed by atoms with Crippen LogP contribution in [0.15, 0.2) is 63.4 Å². The van der Waals surface area contributed by atoms with Crippen LogP contribution in [0, 0.1) is 0 Å². The molecule has 12 heteroatoms. The van der Waals surface area contributed by atoms with Crippen molar-refractivity contribution >= 4 is 71.3 Å². The Kier molecular flexibility index (Phi) is 7.02. The van der Waals surface area contributed by atoms with Crippen molar-refractivity contribution in [3.05, 3.63) is 64.1 Å². The molecule has 0 spiro atoms. The molecule has 0 atom stereocenters. The van der Waals surface area contributed by atoms with Gasteiger partial charge in [0.05, 0.1) is 17.6 Å². The highest BCUT2D eigenvalue weighted by Gasteiger charge is 2.16. The summed E-state index contributed by atoms with van der Waals surface area (Å²) in [4.78, 5) is 16.4. The van der Waals surface area contributed by atoms with Gasteiger partial charge < -0.3 is 10.1 Å². The van der Waals surface area contributed by atoms with Gasteiger partial charge in [0, 0.05) is 21.7 Å². The molecule has 8 nitrogen and oxygen atoms in total. The third-order valence-corrected chi connectivity index (χ3v) is 6.58. The van der Waals surface area contributed by atoms with Crippen molar-refractivity contribution in [3.63, 3.8) is 0 Å². The summed E-state index contributed by atoms with van der Waals surface area (Å²) in [6.07, 6.45) is 1.51. The number of carbonyl (C=O) groups excluding carboxylic acids is 1. The molecule has 0 unspecified atom stereocenters. The largest absolute Gasteiger partial charge is 0.496 e. The molecule has 3 N–H and O–H groups in total. The Morgan fingerprint density at radius 1 is 1.20 bits per heavy atom. The van der Waals surface area contributed by atoms with Crippen molar-refractivity contribution in [2.75, 3.05) is 17.1 Å². The lowest BCUT2D eigenvalue weighted by atomic mass is 10.2. The second kappa shape index (κ2) is 9.51. The average Bonchev–Trinajstić information content (AvgIpc) is 3.20. The highest BCUT2D eigenvalue weighted by atomic mass is 79.9. The van der Waals surface area contributed by atoms with Gasteiger partial charge >= 0.3 is 0 Å². The summed E-state index contributed by atoms with van der Waals surface area (Å²) in [5.41, 5.74) is 0.820. The first-order valence-electron chi connectivity index (χ1n) is 8.27. The minimum Gasteiger partial charge on any atom is -0.496 e. The van der Waals surface area contributed by atoms with E-state index >= 15 is 0 Å². The molecule has 0 bridgehead atoms. The van der Waals surface area contributed by atoms with Crippen molar-refractivity contribution in [3.8, 4) is 5.75 Å². The molecule has 3 rings (SSSR count). The van der Waals surface area contributed by atoms with E-state index < -0.39 is 15.9 Å². The monoisotopic (exact) mass is 526 g/mol. The zero-order chi connectivity index (χ0) is 21.7. The first-order chi connectivity index (χ1) is 14.3. The molecule has 0 aliphatic carbocycles. The number of amides is 1. The van der Waals surface area contributed by atoms with Crippen LogP contribution in [0.4, 0.5) is 10.8 Å². The highest BCUT2D eigenvalue weighted by Crippen LogP contribution is 2.23. The van der Waals surface area contributed by atoms with E-state index in [1.165, 1.54) is 48.9 Å². The fourth-order valence-corrected chi connectivity index (χ4v) is 4.72. The highest BCUT2D eigenvalue weighted by molar-refractivity contribution is 9.10. The van der Waals surface area contributed by atoms with Gasteiger partial charge in [0.15, 0.2) is 10.2 Å². The van der Waals surface area contributed by atoms with Crippen molar-refractivity contribution in [2.45, 2.75) is 4.90 Å². The number of sulfonamides is 1. The number of thiocarbonyl (C=S) groups is 1. The minimum absolute atomic E-state index is 0.0542. The van der Waals surface area contributed by atoms with E-state index in [2.05, 4.69) is 36.3 Å². The Morgan fingerprint density at radius 2 is 1.93 bits per heavy atom. The van der Waals surface area contributed by atoms with Crippen molar-refractivity contribution in [1.29, 1.82) is 0 Å². The number of rotatable bonds is 6. The van der Waals surface area contributed by atoms with Gasteiger partial charge in [-0.3, -0.25) is 14.8 Å². The van der Waals surface area contributed by atoms with Crippen LogP contribution in [0.25, 0.3) is 0 Å². The third kappa shape index (κ3) is 5.53. The number of nitrogens with zero attached hydrogens (tertiary/aromatic N) is 1. The van der Waals surface area contributed by atoms with Crippen LogP contribution in [0.2, 0.25) is 0 Å². The van der Waals surface area contributed by atoms with Gasteiger partial charge in [-0.05, 0) is 54.7 Å². The first kappa shape index (κ1) is 22.2. The Balaban J connectivity index is 1.65. The number of methoxy groups -OCH3 is 1. The molecule has 0 saturated heterocycles. The molecule has 0 aliphatic rings. The predicted molar refractivity (Wildman–Crippen MR) is 124 cm³/mol. The average molecular weight is 527 g/mol. The molecule has 0 radical (unpaired) electrons. The third-order valence-electron chi connectivity index (χ3n) is 3.71. The summed E-state index contributed by atoms with van der Waals surface area (Å²) >= 11 is 9.67. The number of halogens is 1. The van der Waals surface area contributed by atoms with Gasteiger partial charge in [0.25, 0.3) is 15.9 Å². The Hall–Kier alpha value is -2.54. The van der Waals surface area contributed by atoms with Crippen LogP contribution >= 0.6 is 39.5 Å². The number of thiazole rings is 1. The van der Waals surface area contributed by atoms with Gasteiger partial charge in [-0.25, -0.2) is 13.4 Å². The van der Waals surface area contributed by atoms with E-state index in [4.69, 9.17) is 17.0 Å². The quantitative estimate of drug-likeness (QED) is 0.418. The summed E-state index contributed by atoms with van der Waals surface area (Å²) in [6.45, 7) is 0. The fraction of sp³-hybridized carbons (Fsp3) is 0.0556. The van der Waals surface area contributed by atoms with Crippen LogP contribution in [0.5, 0.6) is 5.75 Å². The van der Waals surface area contributed by atoms with Gasteiger partial charge in [0.2, 0.25) is 0 Å². The lowest BCUT2D eigenvalue weighted by Gasteiger charge is -2.12. The van der Waals surface area contributed by atoms with Crippen molar-refractivity contribution in [1.82, 2.24) is 10.3 Å². The number of ether oxygens (including phenoxy) is 1. The molecule has 30 heavy (non-hydrogen) atoms. The molecular formula is C18H15BrN4O4S3. The Labute approximate surface area is 190 Å².